The van der Waals surface area contributed by atoms with E-state index in [1.54, 1.807) is 11.3 Å². The van der Waals surface area contributed by atoms with Gasteiger partial charge in [0.25, 0.3) is 0 Å². The topological polar surface area (TPSA) is 26.0 Å². The van der Waals surface area contributed by atoms with Gasteiger partial charge >= 0.3 is 0 Å². The average molecular weight is 313 g/mol. The first kappa shape index (κ1) is 15.4. The van der Waals surface area contributed by atoms with Crippen molar-refractivity contribution in [1.82, 2.24) is 0 Å². The van der Waals surface area contributed by atoms with Crippen molar-refractivity contribution in [3.05, 3.63) is 20.3 Å². The van der Waals surface area contributed by atoms with Crippen molar-refractivity contribution in [2.24, 2.45) is 5.73 Å². The summed E-state index contributed by atoms with van der Waals surface area (Å²) in [6.07, 6.45) is 4.91. The minimum Gasteiger partial charge on any atom is -0.323 e. The summed E-state index contributed by atoms with van der Waals surface area (Å²) in [5.74, 6) is 0. The molecule has 4 heteroatoms. The lowest BCUT2D eigenvalue weighted by atomic mass is 10.1. The summed E-state index contributed by atoms with van der Waals surface area (Å²) < 4.78 is 1.22. The third-order valence-corrected chi connectivity index (χ3v) is 4.63. The van der Waals surface area contributed by atoms with Gasteiger partial charge in [-0.3, -0.25) is 0 Å². The Labute approximate surface area is 111 Å². The van der Waals surface area contributed by atoms with E-state index in [4.69, 9.17) is 5.73 Å². The lowest BCUT2D eigenvalue weighted by molar-refractivity contribution is 0.587. The average Bonchev–Trinajstić information content (AvgIpc) is 2.47. The van der Waals surface area contributed by atoms with Crippen LogP contribution in [0.25, 0.3) is 0 Å². The minimum atomic E-state index is 0. The summed E-state index contributed by atoms with van der Waals surface area (Å²) >= 11 is 5.30. The van der Waals surface area contributed by atoms with Gasteiger partial charge < -0.3 is 5.73 Å². The number of hydrogen-bond acceptors (Lipinski definition) is 2. The van der Waals surface area contributed by atoms with Crippen LogP contribution in [0.15, 0.2) is 9.85 Å². The van der Waals surface area contributed by atoms with E-state index in [1.807, 2.05) is 0 Å². The number of rotatable bonds is 5. The van der Waals surface area contributed by atoms with Gasteiger partial charge in [0, 0.05) is 10.9 Å². The molecule has 0 spiro atoms. The zero-order valence-corrected chi connectivity index (χ0v) is 12.5. The Kier molecular flexibility index (Phi) is 7.88. The first-order valence-electron chi connectivity index (χ1n) is 5.16. The number of thiophene rings is 1. The fourth-order valence-corrected chi connectivity index (χ4v) is 3.03. The Bertz CT molecular complexity index is 269. The highest BCUT2D eigenvalue weighted by atomic mass is 79.9. The van der Waals surface area contributed by atoms with E-state index in [0.717, 1.165) is 6.42 Å². The molecular formula is C11H19BrClNS. The summed E-state index contributed by atoms with van der Waals surface area (Å²) in [4.78, 5) is 1.31. The molecule has 1 heterocycles. The molecule has 0 aliphatic carbocycles. The van der Waals surface area contributed by atoms with E-state index >= 15 is 0 Å². The van der Waals surface area contributed by atoms with Crippen LogP contribution in [0.3, 0.4) is 0 Å². The highest BCUT2D eigenvalue weighted by molar-refractivity contribution is 9.11. The lowest BCUT2D eigenvalue weighted by Gasteiger charge is -2.08. The van der Waals surface area contributed by atoms with Gasteiger partial charge in [-0.05, 0) is 40.9 Å². The number of halogens is 2. The van der Waals surface area contributed by atoms with Crippen LogP contribution in [0.4, 0.5) is 0 Å². The number of hydrogen-bond donors (Lipinski definition) is 1. The maximum atomic E-state index is 6.11. The lowest BCUT2D eigenvalue weighted by Crippen LogP contribution is -2.08. The third kappa shape index (κ3) is 4.85. The molecule has 0 saturated heterocycles. The summed E-state index contributed by atoms with van der Waals surface area (Å²) in [5.41, 5.74) is 7.41. The second kappa shape index (κ2) is 7.66. The monoisotopic (exact) mass is 311 g/mol. The quantitative estimate of drug-likeness (QED) is 0.775. The molecule has 15 heavy (non-hydrogen) atoms. The molecule has 0 aliphatic heterocycles. The second-order valence-corrected chi connectivity index (χ2v) is 6.11. The van der Waals surface area contributed by atoms with Gasteiger partial charge in [-0.2, -0.15) is 0 Å². The van der Waals surface area contributed by atoms with E-state index in [1.165, 1.54) is 33.5 Å². The van der Waals surface area contributed by atoms with E-state index < -0.39 is 0 Å². The zero-order valence-electron chi connectivity index (χ0n) is 9.25. The van der Waals surface area contributed by atoms with Crippen LogP contribution in [0.5, 0.6) is 0 Å². The largest absolute Gasteiger partial charge is 0.323 e. The van der Waals surface area contributed by atoms with Crippen LogP contribution in [0, 0.1) is 6.92 Å². The number of aryl methyl sites for hydroxylation is 1. The molecule has 0 unspecified atom stereocenters. The van der Waals surface area contributed by atoms with Crippen LogP contribution in [-0.4, -0.2) is 0 Å². The molecule has 1 nitrogen and oxygen atoms in total. The highest BCUT2D eigenvalue weighted by Gasteiger charge is 2.10. The number of nitrogens with two attached hydrogens (primary N) is 1. The smallest absolute Gasteiger partial charge is 0.0731 e. The summed E-state index contributed by atoms with van der Waals surface area (Å²) in [7, 11) is 0. The van der Waals surface area contributed by atoms with Gasteiger partial charge in [0.15, 0.2) is 0 Å². The molecular weight excluding hydrogens is 294 g/mol. The SMILES string of the molecule is CCCCC[C@@H](N)c1cc(C)c(Br)s1.Cl. The van der Waals surface area contributed by atoms with Crippen LogP contribution in [0.2, 0.25) is 0 Å². The second-order valence-electron chi connectivity index (χ2n) is 3.71. The predicted molar refractivity (Wildman–Crippen MR) is 75.1 cm³/mol. The summed E-state index contributed by atoms with van der Waals surface area (Å²) in [6, 6.07) is 2.43. The first-order valence-corrected chi connectivity index (χ1v) is 6.77. The molecule has 1 aromatic rings. The molecule has 0 aromatic carbocycles. The molecule has 1 atom stereocenters. The van der Waals surface area contributed by atoms with Crippen molar-refractivity contribution in [3.8, 4) is 0 Å². The molecule has 1 rings (SSSR count). The van der Waals surface area contributed by atoms with Crippen molar-refractivity contribution >= 4 is 39.7 Å². The van der Waals surface area contributed by atoms with E-state index in [2.05, 4.69) is 35.8 Å². The fourth-order valence-electron chi connectivity index (χ4n) is 1.42. The minimum absolute atomic E-state index is 0. The Hall–Kier alpha value is 0.430. The van der Waals surface area contributed by atoms with Gasteiger partial charge in [0.2, 0.25) is 0 Å². The molecule has 88 valence electrons. The Morgan fingerprint density at radius 2 is 2.13 bits per heavy atom. The van der Waals surface area contributed by atoms with Crippen LogP contribution in [-0.2, 0) is 0 Å². The Morgan fingerprint density at radius 1 is 1.47 bits per heavy atom. The van der Waals surface area contributed by atoms with E-state index in [0.29, 0.717) is 0 Å². The normalized spacial score (nSPS) is 12.3. The summed E-state index contributed by atoms with van der Waals surface area (Å²) in [6.45, 7) is 4.33. The van der Waals surface area contributed by atoms with Crippen molar-refractivity contribution < 1.29 is 0 Å². The standard InChI is InChI=1S/C11H18BrNS.ClH/c1-3-4-5-6-9(13)10-7-8(2)11(12)14-10;/h7,9H,3-6,13H2,1-2H3;1H/t9-;/m1./s1. The molecule has 1 aromatic heterocycles. The molecule has 2 N–H and O–H groups in total. The van der Waals surface area contributed by atoms with Crippen LogP contribution in [0.1, 0.15) is 49.1 Å². The number of unbranched alkanes of at least 4 members (excludes halogenated alkanes) is 2. The van der Waals surface area contributed by atoms with Gasteiger partial charge in [0.1, 0.15) is 0 Å². The molecule has 0 radical (unpaired) electrons. The highest BCUT2D eigenvalue weighted by Crippen LogP contribution is 2.32. The fraction of sp³-hybridized carbons (Fsp3) is 0.636. The van der Waals surface area contributed by atoms with Crippen molar-refractivity contribution in [2.75, 3.05) is 0 Å². The Morgan fingerprint density at radius 3 is 2.60 bits per heavy atom. The van der Waals surface area contributed by atoms with Gasteiger partial charge in [0.05, 0.1) is 3.79 Å². The summed E-state index contributed by atoms with van der Waals surface area (Å²) in [5, 5.41) is 0. The van der Waals surface area contributed by atoms with E-state index in [-0.39, 0.29) is 18.4 Å². The maximum Gasteiger partial charge on any atom is 0.0731 e. The van der Waals surface area contributed by atoms with E-state index in [9.17, 15) is 0 Å². The molecule has 0 bridgehead atoms. The predicted octanol–water partition coefficient (Wildman–Crippen LogP) is 4.82. The molecule has 0 fully saturated rings. The molecule has 0 saturated carbocycles. The zero-order chi connectivity index (χ0) is 10.6. The van der Waals surface area contributed by atoms with Crippen molar-refractivity contribution in [3.63, 3.8) is 0 Å². The van der Waals surface area contributed by atoms with Gasteiger partial charge in [-0.15, -0.1) is 23.7 Å². The van der Waals surface area contributed by atoms with Crippen molar-refractivity contribution in [2.45, 2.75) is 45.6 Å². The molecule has 0 amide bonds. The van der Waals surface area contributed by atoms with Gasteiger partial charge in [-0.25, -0.2) is 0 Å². The maximum absolute atomic E-state index is 6.11. The molecule has 0 aliphatic rings. The van der Waals surface area contributed by atoms with Crippen LogP contribution < -0.4 is 5.73 Å². The third-order valence-electron chi connectivity index (χ3n) is 2.36. The van der Waals surface area contributed by atoms with Gasteiger partial charge in [-0.1, -0.05) is 26.2 Å². The first-order chi connectivity index (χ1) is 6.65. The van der Waals surface area contributed by atoms with Crippen molar-refractivity contribution in [1.29, 1.82) is 0 Å². The van der Waals surface area contributed by atoms with Crippen LogP contribution >= 0.6 is 39.7 Å². The Balaban J connectivity index is 0.00000196.